The highest BCUT2D eigenvalue weighted by atomic mass is 16.5. The lowest BCUT2D eigenvalue weighted by Gasteiger charge is -2.53. The average Bonchev–Trinajstić information content (AvgIpc) is 2.34. The van der Waals surface area contributed by atoms with Crippen LogP contribution in [0.15, 0.2) is 30.3 Å². The summed E-state index contributed by atoms with van der Waals surface area (Å²) in [5, 5.41) is 0. The standard InChI is InChI=1S/C16H20O/c1-2-4-15(5-3-1)17-16-13-7-11-6-12(9-13)10-14(16)8-11/h1-5,11-14,16H,6-10H2. The molecule has 1 nitrogen and oxygen atoms in total. The third-order valence-electron chi connectivity index (χ3n) is 5.16. The van der Waals surface area contributed by atoms with Crippen molar-refractivity contribution in [2.24, 2.45) is 23.7 Å². The molecule has 5 rings (SSSR count). The molecule has 0 unspecified atom stereocenters. The van der Waals surface area contributed by atoms with Gasteiger partial charge in [-0.05, 0) is 67.9 Å². The Morgan fingerprint density at radius 2 is 1.35 bits per heavy atom. The maximum atomic E-state index is 6.29. The molecule has 1 heteroatoms. The minimum atomic E-state index is 0.519. The average molecular weight is 228 g/mol. The molecule has 0 N–H and O–H groups in total. The van der Waals surface area contributed by atoms with Gasteiger partial charge in [0.05, 0.1) is 0 Å². The second-order valence-electron chi connectivity index (χ2n) is 6.33. The SMILES string of the molecule is c1ccc(OC2C3CC4CC(C3)CC2C4)cc1. The highest BCUT2D eigenvalue weighted by Crippen LogP contribution is 2.54. The summed E-state index contributed by atoms with van der Waals surface area (Å²) in [6, 6.07) is 10.4. The van der Waals surface area contributed by atoms with Crippen LogP contribution in [0.1, 0.15) is 32.1 Å². The van der Waals surface area contributed by atoms with E-state index >= 15 is 0 Å². The van der Waals surface area contributed by atoms with E-state index < -0.39 is 0 Å². The lowest BCUT2D eigenvalue weighted by Crippen LogP contribution is -2.50. The lowest BCUT2D eigenvalue weighted by molar-refractivity contribution is -0.0789. The van der Waals surface area contributed by atoms with Crippen LogP contribution < -0.4 is 4.74 Å². The molecule has 0 aliphatic heterocycles. The summed E-state index contributed by atoms with van der Waals surface area (Å²) in [5.74, 6) is 4.85. The first kappa shape index (κ1) is 9.99. The van der Waals surface area contributed by atoms with Gasteiger partial charge in [-0.2, -0.15) is 0 Å². The van der Waals surface area contributed by atoms with Gasteiger partial charge in [0.15, 0.2) is 0 Å². The van der Waals surface area contributed by atoms with Gasteiger partial charge in [0.2, 0.25) is 0 Å². The molecule has 0 radical (unpaired) electrons. The van der Waals surface area contributed by atoms with Gasteiger partial charge in [-0.3, -0.25) is 0 Å². The molecule has 0 aromatic heterocycles. The van der Waals surface area contributed by atoms with Crippen LogP contribution in [-0.4, -0.2) is 6.10 Å². The summed E-state index contributed by atoms with van der Waals surface area (Å²) in [6.07, 6.45) is 7.78. The molecular formula is C16H20O. The highest BCUT2D eigenvalue weighted by Gasteiger charge is 2.49. The second-order valence-corrected chi connectivity index (χ2v) is 6.33. The Morgan fingerprint density at radius 1 is 0.765 bits per heavy atom. The van der Waals surface area contributed by atoms with Crippen molar-refractivity contribution in [1.82, 2.24) is 0 Å². The predicted molar refractivity (Wildman–Crippen MR) is 67.9 cm³/mol. The van der Waals surface area contributed by atoms with Crippen molar-refractivity contribution in [1.29, 1.82) is 0 Å². The molecule has 0 saturated heterocycles. The fraction of sp³-hybridized carbons (Fsp3) is 0.625. The zero-order valence-electron chi connectivity index (χ0n) is 10.2. The van der Waals surface area contributed by atoms with Crippen molar-refractivity contribution < 1.29 is 4.74 Å². The summed E-state index contributed by atoms with van der Waals surface area (Å²) >= 11 is 0. The number of benzene rings is 1. The molecule has 4 saturated carbocycles. The van der Waals surface area contributed by atoms with Gasteiger partial charge < -0.3 is 4.74 Å². The van der Waals surface area contributed by atoms with Crippen LogP contribution in [0.3, 0.4) is 0 Å². The Balaban J connectivity index is 1.55. The zero-order chi connectivity index (χ0) is 11.2. The number of rotatable bonds is 2. The summed E-state index contributed by atoms with van der Waals surface area (Å²) in [5.41, 5.74) is 0. The normalized spacial score (nSPS) is 42.7. The molecule has 1 aromatic rings. The first-order valence-electron chi connectivity index (χ1n) is 7.10. The van der Waals surface area contributed by atoms with Crippen LogP contribution in [0.5, 0.6) is 5.75 Å². The topological polar surface area (TPSA) is 9.23 Å². The van der Waals surface area contributed by atoms with Gasteiger partial charge in [-0.15, -0.1) is 0 Å². The Morgan fingerprint density at radius 3 is 1.94 bits per heavy atom. The van der Waals surface area contributed by atoms with Crippen LogP contribution >= 0.6 is 0 Å². The molecule has 0 heterocycles. The second kappa shape index (κ2) is 3.76. The van der Waals surface area contributed by atoms with Crippen molar-refractivity contribution in [2.75, 3.05) is 0 Å². The van der Waals surface area contributed by atoms with E-state index in [2.05, 4.69) is 30.3 Å². The Hall–Kier alpha value is -0.980. The highest BCUT2D eigenvalue weighted by molar-refractivity contribution is 5.22. The molecule has 4 bridgehead atoms. The van der Waals surface area contributed by atoms with Gasteiger partial charge in [0.25, 0.3) is 0 Å². The molecule has 4 aliphatic rings. The largest absolute Gasteiger partial charge is 0.490 e. The first-order valence-corrected chi connectivity index (χ1v) is 7.10. The molecular weight excluding hydrogens is 208 g/mol. The quantitative estimate of drug-likeness (QED) is 0.746. The van der Waals surface area contributed by atoms with Gasteiger partial charge in [0.1, 0.15) is 11.9 Å². The van der Waals surface area contributed by atoms with Crippen molar-refractivity contribution in [3.63, 3.8) is 0 Å². The van der Waals surface area contributed by atoms with Gasteiger partial charge in [-0.25, -0.2) is 0 Å². The monoisotopic (exact) mass is 228 g/mol. The third-order valence-corrected chi connectivity index (χ3v) is 5.16. The maximum absolute atomic E-state index is 6.29. The van der Waals surface area contributed by atoms with E-state index in [1.165, 1.54) is 32.1 Å². The van der Waals surface area contributed by atoms with E-state index in [-0.39, 0.29) is 0 Å². The molecule has 4 aliphatic carbocycles. The van der Waals surface area contributed by atoms with Crippen LogP contribution in [0.4, 0.5) is 0 Å². The van der Waals surface area contributed by atoms with Crippen LogP contribution in [0.2, 0.25) is 0 Å². The minimum Gasteiger partial charge on any atom is -0.490 e. The van der Waals surface area contributed by atoms with Crippen molar-refractivity contribution >= 4 is 0 Å². The van der Waals surface area contributed by atoms with Crippen LogP contribution in [0.25, 0.3) is 0 Å². The molecule has 90 valence electrons. The predicted octanol–water partition coefficient (Wildman–Crippen LogP) is 3.89. The summed E-state index contributed by atoms with van der Waals surface area (Å²) in [7, 11) is 0. The van der Waals surface area contributed by atoms with Gasteiger partial charge in [-0.1, -0.05) is 18.2 Å². The molecule has 4 fully saturated rings. The van der Waals surface area contributed by atoms with E-state index in [1.807, 2.05) is 0 Å². The van der Waals surface area contributed by atoms with Crippen molar-refractivity contribution in [3.05, 3.63) is 30.3 Å². The van der Waals surface area contributed by atoms with E-state index in [0.717, 1.165) is 29.4 Å². The van der Waals surface area contributed by atoms with E-state index in [9.17, 15) is 0 Å². The molecule has 1 aromatic carbocycles. The summed E-state index contributed by atoms with van der Waals surface area (Å²) < 4.78 is 6.29. The van der Waals surface area contributed by atoms with Crippen LogP contribution in [0, 0.1) is 23.7 Å². The maximum Gasteiger partial charge on any atom is 0.119 e. The van der Waals surface area contributed by atoms with Crippen molar-refractivity contribution in [3.8, 4) is 5.75 Å². The Bertz CT molecular complexity index is 369. The van der Waals surface area contributed by atoms with E-state index in [4.69, 9.17) is 4.74 Å². The Labute approximate surface area is 103 Å². The number of ether oxygens (including phenoxy) is 1. The summed E-state index contributed by atoms with van der Waals surface area (Å²) in [6.45, 7) is 0. The number of hydrogen-bond donors (Lipinski definition) is 0. The number of para-hydroxylation sites is 1. The minimum absolute atomic E-state index is 0.519. The van der Waals surface area contributed by atoms with Gasteiger partial charge in [0, 0.05) is 0 Å². The van der Waals surface area contributed by atoms with Crippen LogP contribution in [-0.2, 0) is 0 Å². The number of hydrogen-bond acceptors (Lipinski definition) is 1. The fourth-order valence-electron chi connectivity index (χ4n) is 4.72. The smallest absolute Gasteiger partial charge is 0.119 e. The Kier molecular flexibility index (Phi) is 2.21. The first-order chi connectivity index (χ1) is 8.38. The molecule has 0 amide bonds. The zero-order valence-corrected chi connectivity index (χ0v) is 10.2. The van der Waals surface area contributed by atoms with Crippen molar-refractivity contribution in [2.45, 2.75) is 38.2 Å². The molecule has 0 spiro atoms. The molecule has 0 atom stereocenters. The third kappa shape index (κ3) is 1.67. The fourth-order valence-corrected chi connectivity index (χ4v) is 4.72. The van der Waals surface area contributed by atoms with E-state index in [0.29, 0.717) is 6.10 Å². The molecule has 17 heavy (non-hydrogen) atoms. The summed E-state index contributed by atoms with van der Waals surface area (Å²) in [4.78, 5) is 0. The van der Waals surface area contributed by atoms with E-state index in [1.54, 1.807) is 0 Å². The lowest BCUT2D eigenvalue weighted by atomic mass is 9.55. The van der Waals surface area contributed by atoms with Gasteiger partial charge >= 0.3 is 0 Å².